The molecular formula is C16H17ClFN3O2S. The molecule has 1 fully saturated rings. The maximum absolute atomic E-state index is 14.4. The van der Waals surface area contributed by atoms with Crippen LogP contribution in [0.2, 0.25) is 5.02 Å². The summed E-state index contributed by atoms with van der Waals surface area (Å²) >= 11 is 11.4. The first-order chi connectivity index (χ1) is 11.5. The van der Waals surface area contributed by atoms with Gasteiger partial charge in [0.05, 0.1) is 24.8 Å². The summed E-state index contributed by atoms with van der Waals surface area (Å²) < 4.78 is 19.7. The Kier molecular flexibility index (Phi) is 5.03. The largest absolute Gasteiger partial charge is 0.378 e. The molecule has 0 unspecified atom stereocenters. The lowest BCUT2D eigenvalue weighted by atomic mass is 9.94. The summed E-state index contributed by atoms with van der Waals surface area (Å²) in [6.45, 7) is 3.73. The number of carbonyl (C=O) groups is 1. The van der Waals surface area contributed by atoms with Gasteiger partial charge in [-0.3, -0.25) is 4.79 Å². The molecule has 1 aromatic carbocycles. The van der Waals surface area contributed by atoms with Crippen molar-refractivity contribution in [3.63, 3.8) is 0 Å². The topological polar surface area (TPSA) is 53.6 Å². The molecule has 0 aliphatic carbocycles. The standard InChI is InChI=1S/C16H17ClFN3O2S/c1-9-12(15(22)21-5-7-23-8-6-21)14(20-16(24)19-9)13-10(17)3-2-4-11(13)18/h2-4,14H,5-8H2,1H3,(H2,19,20,24)/t14-/m1/s1. The monoisotopic (exact) mass is 369 g/mol. The summed E-state index contributed by atoms with van der Waals surface area (Å²) in [5.74, 6) is -0.660. The SMILES string of the molecule is CC1=C(C(=O)N2CCOCC2)[C@H](c2c(F)cccc2Cl)NC(=S)N1. The van der Waals surface area contributed by atoms with E-state index < -0.39 is 11.9 Å². The molecule has 1 amide bonds. The molecule has 2 aliphatic rings. The van der Waals surface area contributed by atoms with Gasteiger partial charge in [0.15, 0.2) is 5.11 Å². The van der Waals surface area contributed by atoms with Crippen molar-refractivity contribution in [3.8, 4) is 0 Å². The maximum Gasteiger partial charge on any atom is 0.254 e. The van der Waals surface area contributed by atoms with E-state index >= 15 is 0 Å². The molecule has 24 heavy (non-hydrogen) atoms. The fraction of sp³-hybridized carbons (Fsp3) is 0.375. The van der Waals surface area contributed by atoms with Gasteiger partial charge in [0.25, 0.3) is 5.91 Å². The van der Waals surface area contributed by atoms with E-state index in [1.54, 1.807) is 17.9 Å². The van der Waals surface area contributed by atoms with Crippen LogP contribution in [0.25, 0.3) is 0 Å². The normalized spacial score (nSPS) is 21.4. The van der Waals surface area contributed by atoms with E-state index in [1.165, 1.54) is 12.1 Å². The number of nitrogens with one attached hydrogen (secondary N) is 2. The van der Waals surface area contributed by atoms with Gasteiger partial charge >= 0.3 is 0 Å². The van der Waals surface area contributed by atoms with Crippen LogP contribution in [0.3, 0.4) is 0 Å². The minimum absolute atomic E-state index is 0.178. The van der Waals surface area contributed by atoms with E-state index in [0.717, 1.165) is 0 Å². The summed E-state index contributed by atoms with van der Waals surface area (Å²) in [5.41, 5.74) is 1.23. The maximum atomic E-state index is 14.4. The smallest absolute Gasteiger partial charge is 0.254 e. The second kappa shape index (κ2) is 7.04. The van der Waals surface area contributed by atoms with Crippen molar-refractivity contribution in [2.45, 2.75) is 13.0 Å². The number of ether oxygens (including phenoxy) is 1. The predicted octanol–water partition coefficient (Wildman–Crippen LogP) is 2.13. The van der Waals surface area contributed by atoms with Crippen molar-refractivity contribution in [1.29, 1.82) is 0 Å². The van der Waals surface area contributed by atoms with Gasteiger partial charge in [-0.1, -0.05) is 17.7 Å². The third-order valence-corrected chi connectivity index (χ3v) is 4.64. The number of amides is 1. The van der Waals surface area contributed by atoms with Crippen LogP contribution in [-0.4, -0.2) is 42.2 Å². The summed E-state index contributed by atoms with van der Waals surface area (Å²) in [6, 6.07) is 3.71. The van der Waals surface area contributed by atoms with Gasteiger partial charge < -0.3 is 20.3 Å². The van der Waals surface area contributed by atoms with E-state index in [-0.39, 0.29) is 16.5 Å². The average molecular weight is 370 g/mol. The van der Waals surface area contributed by atoms with Crippen molar-refractivity contribution in [2.24, 2.45) is 0 Å². The highest BCUT2D eigenvalue weighted by molar-refractivity contribution is 7.80. The number of hydrogen-bond donors (Lipinski definition) is 2. The summed E-state index contributed by atoms with van der Waals surface area (Å²) in [7, 11) is 0. The van der Waals surface area contributed by atoms with Crippen molar-refractivity contribution < 1.29 is 13.9 Å². The number of benzene rings is 1. The first kappa shape index (κ1) is 17.1. The number of carbonyl (C=O) groups excluding carboxylic acids is 1. The Morgan fingerprint density at radius 3 is 2.79 bits per heavy atom. The van der Waals surface area contributed by atoms with Gasteiger partial charge in [0, 0.05) is 29.4 Å². The quantitative estimate of drug-likeness (QED) is 0.782. The van der Waals surface area contributed by atoms with Crippen LogP contribution in [0.5, 0.6) is 0 Å². The minimum Gasteiger partial charge on any atom is -0.378 e. The Balaban J connectivity index is 2.04. The molecule has 3 rings (SSSR count). The molecule has 2 N–H and O–H groups in total. The number of halogens is 2. The summed E-state index contributed by atoms with van der Waals surface area (Å²) in [4.78, 5) is 14.7. The Hall–Kier alpha value is -1.70. The number of morpholine rings is 1. The van der Waals surface area contributed by atoms with Crippen LogP contribution in [0.1, 0.15) is 18.5 Å². The summed E-state index contributed by atoms with van der Waals surface area (Å²) in [5, 5.41) is 6.49. The van der Waals surface area contributed by atoms with Crippen LogP contribution >= 0.6 is 23.8 Å². The first-order valence-electron chi connectivity index (χ1n) is 7.58. The molecule has 0 radical (unpaired) electrons. The number of thiocarbonyl (C=S) groups is 1. The fourth-order valence-electron chi connectivity index (χ4n) is 2.92. The second-order valence-electron chi connectivity index (χ2n) is 5.61. The zero-order chi connectivity index (χ0) is 17.3. The van der Waals surface area contributed by atoms with Gasteiger partial charge in [-0.05, 0) is 31.3 Å². The Morgan fingerprint density at radius 1 is 1.42 bits per heavy atom. The lowest BCUT2D eigenvalue weighted by Gasteiger charge is -2.35. The predicted molar refractivity (Wildman–Crippen MR) is 93.1 cm³/mol. The van der Waals surface area contributed by atoms with Crippen LogP contribution in [0.4, 0.5) is 4.39 Å². The number of nitrogens with zero attached hydrogens (tertiary/aromatic N) is 1. The molecule has 5 nitrogen and oxygen atoms in total. The molecule has 1 saturated heterocycles. The molecule has 0 saturated carbocycles. The van der Waals surface area contributed by atoms with E-state index in [4.69, 9.17) is 28.6 Å². The second-order valence-corrected chi connectivity index (χ2v) is 6.43. The highest BCUT2D eigenvalue weighted by atomic mass is 35.5. The van der Waals surface area contributed by atoms with Gasteiger partial charge in [-0.15, -0.1) is 0 Å². The molecule has 2 heterocycles. The Labute approximate surface area is 149 Å². The van der Waals surface area contributed by atoms with E-state index in [1.807, 2.05) is 0 Å². The highest BCUT2D eigenvalue weighted by Gasteiger charge is 2.35. The first-order valence-corrected chi connectivity index (χ1v) is 8.37. The van der Waals surface area contributed by atoms with Crippen molar-refractivity contribution in [1.82, 2.24) is 15.5 Å². The number of hydrogen-bond acceptors (Lipinski definition) is 3. The molecule has 8 heteroatoms. The van der Waals surface area contributed by atoms with E-state index in [2.05, 4.69) is 10.6 Å². The molecule has 2 aliphatic heterocycles. The van der Waals surface area contributed by atoms with Gasteiger partial charge in [0.1, 0.15) is 5.82 Å². The zero-order valence-corrected chi connectivity index (χ0v) is 14.6. The molecule has 1 atom stereocenters. The lowest BCUT2D eigenvalue weighted by Crippen LogP contribution is -2.49. The van der Waals surface area contributed by atoms with Crippen molar-refractivity contribution in [2.75, 3.05) is 26.3 Å². The Bertz CT molecular complexity index is 699. The van der Waals surface area contributed by atoms with Crippen LogP contribution < -0.4 is 10.6 Å². The van der Waals surface area contributed by atoms with Crippen molar-refractivity contribution >= 4 is 34.8 Å². The molecular weight excluding hydrogens is 353 g/mol. The molecule has 0 bridgehead atoms. The zero-order valence-electron chi connectivity index (χ0n) is 13.1. The molecule has 0 aromatic heterocycles. The Morgan fingerprint density at radius 2 is 2.12 bits per heavy atom. The number of rotatable bonds is 2. The third kappa shape index (κ3) is 3.24. The van der Waals surface area contributed by atoms with Gasteiger partial charge in [0.2, 0.25) is 0 Å². The van der Waals surface area contributed by atoms with Gasteiger partial charge in [-0.2, -0.15) is 0 Å². The number of allylic oxidation sites excluding steroid dienone is 1. The van der Waals surface area contributed by atoms with Crippen LogP contribution in [0.15, 0.2) is 29.5 Å². The lowest BCUT2D eigenvalue weighted by molar-refractivity contribution is -0.131. The van der Waals surface area contributed by atoms with Crippen LogP contribution in [-0.2, 0) is 9.53 Å². The fourth-order valence-corrected chi connectivity index (χ4v) is 3.46. The highest BCUT2D eigenvalue weighted by Crippen LogP contribution is 2.34. The van der Waals surface area contributed by atoms with E-state index in [0.29, 0.717) is 42.7 Å². The van der Waals surface area contributed by atoms with Crippen LogP contribution in [0, 0.1) is 5.82 Å². The minimum atomic E-state index is -0.734. The third-order valence-electron chi connectivity index (χ3n) is 4.09. The molecule has 0 spiro atoms. The van der Waals surface area contributed by atoms with Gasteiger partial charge in [-0.25, -0.2) is 4.39 Å². The van der Waals surface area contributed by atoms with Crippen molar-refractivity contribution in [3.05, 3.63) is 45.9 Å². The summed E-state index contributed by atoms with van der Waals surface area (Å²) in [6.07, 6.45) is 0. The molecule has 1 aromatic rings. The molecule has 128 valence electrons. The van der Waals surface area contributed by atoms with E-state index in [9.17, 15) is 9.18 Å². The average Bonchev–Trinajstić information content (AvgIpc) is 2.54.